The van der Waals surface area contributed by atoms with Crippen LogP contribution in [0.15, 0.2) is 12.1 Å². The molecule has 1 rings (SSSR count). The molecule has 0 atom stereocenters. The number of alkyl halides is 2. The van der Waals surface area contributed by atoms with Crippen molar-refractivity contribution in [2.45, 2.75) is 25.9 Å². The highest BCUT2D eigenvalue weighted by Crippen LogP contribution is 2.30. The van der Waals surface area contributed by atoms with Crippen LogP contribution in [-0.2, 0) is 0 Å². The summed E-state index contributed by atoms with van der Waals surface area (Å²) in [7, 11) is 0. The first-order valence-corrected chi connectivity index (χ1v) is 4.60. The van der Waals surface area contributed by atoms with Gasteiger partial charge in [0.05, 0.1) is 6.42 Å². The number of hydrogen-bond acceptors (Lipinski definition) is 2. The van der Waals surface area contributed by atoms with E-state index in [0.29, 0.717) is 12.1 Å². The first kappa shape index (κ1) is 12.6. The van der Waals surface area contributed by atoms with Crippen molar-refractivity contribution in [3.8, 4) is 11.5 Å². The van der Waals surface area contributed by atoms with Gasteiger partial charge in [0.15, 0.2) is 17.4 Å². The topological polar surface area (TPSA) is 29.5 Å². The molecule has 0 heterocycles. The lowest BCUT2D eigenvalue weighted by Gasteiger charge is -2.17. The Morgan fingerprint density at radius 1 is 1.25 bits per heavy atom. The normalized spacial score (nSPS) is 11.6. The molecule has 2 nitrogen and oxygen atoms in total. The minimum absolute atomic E-state index is 0.163. The number of benzene rings is 1. The largest absolute Gasteiger partial charge is 0.503 e. The Kier molecular flexibility index (Phi) is 3.62. The third kappa shape index (κ3) is 3.01. The highest BCUT2D eigenvalue weighted by atomic mass is 19.3. The zero-order valence-corrected chi connectivity index (χ0v) is 8.44. The van der Waals surface area contributed by atoms with Crippen LogP contribution in [0.1, 0.15) is 19.8 Å². The van der Waals surface area contributed by atoms with Gasteiger partial charge in [-0.2, -0.15) is 8.78 Å². The van der Waals surface area contributed by atoms with Crippen molar-refractivity contribution in [1.82, 2.24) is 0 Å². The van der Waals surface area contributed by atoms with E-state index in [1.165, 1.54) is 6.92 Å². The minimum Gasteiger partial charge on any atom is -0.503 e. The van der Waals surface area contributed by atoms with Crippen molar-refractivity contribution in [2.75, 3.05) is 0 Å². The predicted octanol–water partition coefficient (Wildman–Crippen LogP) is 3.44. The Bertz CT molecular complexity index is 356. The van der Waals surface area contributed by atoms with E-state index < -0.39 is 35.7 Å². The summed E-state index contributed by atoms with van der Waals surface area (Å²) in [5, 5.41) is 8.74. The Labute approximate surface area is 89.5 Å². The fraction of sp³-hybridized carbons (Fsp3) is 0.400. The number of hydrogen-bond donors (Lipinski definition) is 1. The summed E-state index contributed by atoms with van der Waals surface area (Å²) in [6.07, 6.45) is -3.88. The van der Waals surface area contributed by atoms with Crippen LogP contribution < -0.4 is 4.74 Å². The second-order valence-corrected chi connectivity index (χ2v) is 3.22. The van der Waals surface area contributed by atoms with Crippen LogP contribution in [0.2, 0.25) is 0 Å². The molecule has 1 N–H and O–H groups in total. The number of ether oxygens (including phenoxy) is 1. The molecule has 1 aromatic carbocycles. The van der Waals surface area contributed by atoms with Gasteiger partial charge in [0, 0.05) is 12.1 Å². The highest BCUT2D eigenvalue weighted by Gasteiger charge is 2.30. The molecule has 0 aliphatic carbocycles. The Morgan fingerprint density at radius 2 is 1.75 bits per heavy atom. The molecule has 0 aliphatic rings. The van der Waals surface area contributed by atoms with Crippen molar-refractivity contribution in [3.05, 3.63) is 23.8 Å². The van der Waals surface area contributed by atoms with Crippen molar-refractivity contribution < 1.29 is 27.4 Å². The molecule has 1 aromatic rings. The summed E-state index contributed by atoms with van der Waals surface area (Å²) in [5.74, 6) is -4.57. The first-order valence-electron chi connectivity index (χ1n) is 4.60. The molecular weight excluding hydrogens is 228 g/mol. The second kappa shape index (κ2) is 4.59. The molecule has 0 radical (unpaired) electrons. The Morgan fingerprint density at radius 3 is 2.19 bits per heavy atom. The Hall–Kier alpha value is -1.46. The number of aromatic hydroxyl groups is 1. The number of halogens is 4. The summed E-state index contributed by atoms with van der Waals surface area (Å²) < 4.78 is 55.6. The third-order valence-corrected chi connectivity index (χ3v) is 1.80. The zero-order chi connectivity index (χ0) is 12.3. The van der Waals surface area contributed by atoms with E-state index in [-0.39, 0.29) is 6.42 Å². The Balaban J connectivity index is 2.90. The minimum atomic E-state index is -3.48. The van der Waals surface area contributed by atoms with Gasteiger partial charge >= 0.3 is 6.11 Å². The maximum absolute atomic E-state index is 12.9. The molecule has 0 aromatic heterocycles. The van der Waals surface area contributed by atoms with Crippen molar-refractivity contribution in [1.29, 1.82) is 0 Å². The molecule has 0 bridgehead atoms. The lowest BCUT2D eigenvalue weighted by atomic mass is 10.3. The van der Waals surface area contributed by atoms with E-state index in [1.54, 1.807) is 0 Å². The number of phenolic OH excluding ortho intramolecular Hbond substituents is 1. The zero-order valence-electron chi connectivity index (χ0n) is 8.44. The standard InChI is InChI=1S/C10H10F4O2/c1-2-3-10(13,14)16-6-4-7(11)9(15)8(12)5-6/h4-5,15H,2-3H2,1H3. The van der Waals surface area contributed by atoms with E-state index in [0.717, 1.165) is 0 Å². The smallest absolute Gasteiger partial charge is 0.397 e. The number of phenols is 1. The van der Waals surface area contributed by atoms with Crippen LogP contribution in [-0.4, -0.2) is 11.2 Å². The molecule has 0 fully saturated rings. The first-order chi connectivity index (χ1) is 7.35. The molecule has 0 unspecified atom stereocenters. The van der Waals surface area contributed by atoms with E-state index in [9.17, 15) is 17.6 Å². The van der Waals surface area contributed by atoms with Gasteiger partial charge in [0.2, 0.25) is 0 Å². The van der Waals surface area contributed by atoms with Gasteiger partial charge in [-0.15, -0.1) is 0 Å². The van der Waals surface area contributed by atoms with E-state index >= 15 is 0 Å². The number of rotatable bonds is 4. The van der Waals surface area contributed by atoms with E-state index in [2.05, 4.69) is 4.74 Å². The van der Waals surface area contributed by atoms with E-state index in [4.69, 9.17) is 5.11 Å². The van der Waals surface area contributed by atoms with Crippen LogP contribution in [0.3, 0.4) is 0 Å². The molecule has 0 saturated heterocycles. The quantitative estimate of drug-likeness (QED) is 0.814. The average Bonchev–Trinajstić information content (AvgIpc) is 2.13. The average molecular weight is 238 g/mol. The lowest BCUT2D eigenvalue weighted by molar-refractivity contribution is -0.180. The van der Waals surface area contributed by atoms with Crippen LogP contribution >= 0.6 is 0 Å². The van der Waals surface area contributed by atoms with Crippen LogP contribution in [0.5, 0.6) is 11.5 Å². The summed E-state index contributed by atoms with van der Waals surface area (Å²) in [4.78, 5) is 0. The molecule has 16 heavy (non-hydrogen) atoms. The lowest BCUT2D eigenvalue weighted by Crippen LogP contribution is -2.24. The van der Waals surface area contributed by atoms with Crippen LogP contribution in [0.4, 0.5) is 17.6 Å². The molecule has 0 aliphatic heterocycles. The van der Waals surface area contributed by atoms with Gasteiger partial charge in [-0.05, 0) is 6.42 Å². The van der Waals surface area contributed by atoms with Crippen molar-refractivity contribution >= 4 is 0 Å². The van der Waals surface area contributed by atoms with Gasteiger partial charge in [-0.25, -0.2) is 8.78 Å². The van der Waals surface area contributed by atoms with Gasteiger partial charge in [0.1, 0.15) is 5.75 Å². The third-order valence-electron chi connectivity index (χ3n) is 1.80. The van der Waals surface area contributed by atoms with Crippen molar-refractivity contribution in [2.24, 2.45) is 0 Å². The van der Waals surface area contributed by atoms with Crippen LogP contribution in [0.25, 0.3) is 0 Å². The van der Waals surface area contributed by atoms with Gasteiger partial charge in [0.25, 0.3) is 0 Å². The van der Waals surface area contributed by atoms with Gasteiger partial charge in [-0.1, -0.05) is 6.92 Å². The van der Waals surface area contributed by atoms with E-state index in [1.807, 2.05) is 0 Å². The molecule has 0 amide bonds. The fourth-order valence-corrected chi connectivity index (χ4v) is 1.12. The van der Waals surface area contributed by atoms with Crippen molar-refractivity contribution in [3.63, 3.8) is 0 Å². The maximum atomic E-state index is 12.9. The monoisotopic (exact) mass is 238 g/mol. The van der Waals surface area contributed by atoms with Crippen LogP contribution in [0, 0.1) is 11.6 Å². The van der Waals surface area contributed by atoms with Gasteiger partial charge < -0.3 is 9.84 Å². The van der Waals surface area contributed by atoms with Gasteiger partial charge in [-0.3, -0.25) is 0 Å². The molecule has 0 spiro atoms. The predicted molar refractivity (Wildman–Crippen MR) is 48.5 cm³/mol. The SMILES string of the molecule is CCCC(F)(F)Oc1cc(F)c(O)c(F)c1. The fourth-order valence-electron chi connectivity index (χ4n) is 1.12. The molecule has 90 valence electrons. The maximum Gasteiger partial charge on any atom is 0.397 e. The summed E-state index contributed by atoms with van der Waals surface area (Å²) in [5.41, 5.74) is 0. The summed E-state index contributed by atoms with van der Waals surface area (Å²) in [6.45, 7) is 1.52. The summed E-state index contributed by atoms with van der Waals surface area (Å²) in [6, 6.07) is 1.00. The molecule has 6 heteroatoms. The second-order valence-electron chi connectivity index (χ2n) is 3.22. The molecule has 0 saturated carbocycles. The summed E-state index contributed by atoms with van der Waals surface area (Å²) >= 11 is 0. The molecular formula is C10H10F4O2. The highest BCUT2D eigenvalue weighted by molar-refractivity contribution is 5.33.